The molecule has 1 unspecified atom stereocenters. The highest BCUT2D eigenvalue weighted by molar-refractivity contribution is 9.10. The van der Waals surface area contributed by atoms with Gasteiger partial charge in [-0.1, -0.05) is 22.0 Å². The molecule has 16 heavy (non-hydrogen) atoms. The summed E-state index contributed by atoms with van der Waals surface area (Å²) in [4.78, 5) is 0. The Morgan fingerprint density at radius 2 is 2.31 bits per heavy atom. The van der Waals surface area contributed by atoms with Crippen LogP contribution in [0.1, 0.15) is 5.56 Å². The van der Waals surface area contributed by atoms with Crippen molar-refractivity contribution >= 4 is 15.9 Å². The van der Waals surface area contributed by atoms with Gasteiger partial charge in [0.1, 0.15) is 5.82 Å². The molecule has 0 saturated heterocycles. The van der Waals surface area contributed by atoms with E-state index in [1.165, 1.54) is 13.2 Å². The topological polar surface area (TPSA) is 41.5 Å². The maximum atomic E-state index is 13.4. The maximum Gasteiger partial charge on any atom is 0.128 e. The number of rotatable bonds is 6. The molecule has 1 aromatic rings. The third-order valence-electron chi connectivity index (χ3n) is 2.07. The summed E-state index contributed by atoms with van der Waals surface area (Å²) in [6.07, 6.45) is -0.566. The van der Waals surface area contributed by atoms with E-state index < -0.39 is 6.10 Å². The molecule has 0 saturated carbocycles. The fourth-order valence-electron chi connectivity index (χ4n) is 1.29. The average Bonchev–Trinajstić information content (AvgIpc) is 2.22. The number of benzene rings is 1. The van der Waals surface area contributed by atoms with Crippen LogP contribution in [0.3, 0.4) is 0 Å². The minimum absolute atomic E-state index is 0.261. The van der Waals surface area contributed by atoms with E-state index in [2.05, 4.69) is 21.2 Å². The molecule has 1 atom stereocenters. The molecule has 3 nitrogen and oxygen atoms in total. The van der Waals surface area contributed by atoms with Crippen LogP contribution in [0.15, 0.2) is 22.7 Å². The van der Waals surface area contributed by atoms with Gasteiger partial charge < -0.3 is 15.2 Å². The smallest absolute Gasteiger partial charge is 0.128 e. The first-order valence-corrected chi connectivity index (χ1v) is 5.74. The summed E-state index contributed by atoms with van der Waals surface area (Å²) in [6, 6.07) is 4.91. The number of aliphatic hydroxyl groups excluding tert-OH is 1. The van der Waals surface area contributed by atoms with E-state index in [-0.39, 0.29) is 12.4 Å². The molecule has 0 aliphatic carbocycles. The van der Waals surface area contributed by atoms with Crippen molar-refractivity contribution < 1.29 is 14.2 Å². The molecule has 0 heterocycles. The molecule has 0 spiro atoms. The lowest BCUT2D eigenvalue weighted by Gasteiger charge is -2.11. The Morgan fingerprint density at radius 3 is 2.94 bits per heavy atom. The zero-order valence-electron chi connectivity index (χ0n) is 9.04. The summed E-state index contributed by atoms with van der Waals surface area (Å²) in [7, 11) is 1.53. The monoisotopic (exact) mass is 291 g/mol. The van der Waals surface area contributed by atoms with Gasteiger partial charge in [-0.05, 0) is 12.1 Å². The Morgan fingerprint density at radius 1 is 1.56 bits per heavy atom. The van der Waals surface area contributed by atoms with Crippen molar-refractivity contribution in [1.82, 2.24) is 5.32 Å². The van der Waals surface area contributed by atoms with Gasteiger partial charge in [-0.3, -0.25) is 0 Å². The van der Waals surface area contributed by atoms with Gasteiger partial charge in [0.2, 0.25) is 0 Å². The molecule has 0 aromatic heterocycles. The number of nitrogens with one attached hydrogen (secondary N) is 1. The average molecular weight is 292 g/mol. The zero-order chi connectivity index (χ0) is 12.0. The quantitative estimate of drug-likeness (QED) is 0.838. The normalized spacial score (nSPS) is 12.8. The van der Waals surface area contributed by atoms with Crippen LogP contribution < -0.4 is 5.32 Å². The van der Waals surface area contributed by atoms with Crippen LogP contribution in [0.5, 0.6) is 0 Å². The fraction of sp³-hybridized carbons (Fsp3) is 0.455. The van der Waals surface area contributed by atoms with E-state index in [9.17, 15) is 9.50 Å². The highest BCUT2D eigenvalue weighted by atomic mass is 79.9. The van der Waals surface area contributed by atoms with Crippen molar-refractivity contribution in [2.75, 3.05) is 20.3 Å². The SMILES string of the molecule is COCC(O)CNCc1ccc(Br)cc1F. The van der Waals surface area contributed by atoms with Crippen molar-refractivity contribution in [2.45, 2.75) is 12.6 Å². The Bertz CT molecular complexity index is 336. The molecule has 0 bridgehead atoms. The van der Waals surface area contributed by atoms with Crippen LogP contribution >= 0.6 is 15.9 Å². The molecule has 1 aromatic carbocycles. The number of hydrogen-bond acceptors (Lipinski definition) is 3. The van der Waals surface area contributed by atoms with Gasteiger partial charge in [0, 0.05) is 30.2 Å². The van der Waals surface area contributed by atoms with Crippen LogP contribution in [0.4, 0.5) is 4.39 Å². The summed E-state index contributed by atoms with van der Waals surface area (Å²) in [5, 5.41) is 12.3. The van der Waals surface area contributed by atoms with Gasteiger partial charge in [-0.15, -0.1) is 0 Å². The molecule has 0 aliphatic heterocycles. The number of aliphatic hydroxyl groups is 1. The second-order valence-electron chi connectivity index (χ2n) is 3.48. The van der Waals surface area contributed by atoms with Gasteiger partial charge in [0.05, 0.1) is 12.7 Å². The molecule has 0 amide bonds. The Balaban J connectivity index is 2.37. The number of halogens is 2. The molecule has 0 aliphatic rings. The predicted octanol–water partition coefficient (Wildman–Crippen LogP) is 1.69. The molecule has 90 valence electrons. The van der Waals surface area contributed by atoms with Crippen LogP contribution in [0, 0.1) is 5.82 Å². The minimum atomic E-state index is -0.566. The standard InChI is InChI=1S/C11H15BrFNO2/c1-16-7-10(15)6-14-5-8-2-3-9(12)4-11(8)13/h2-4,10,14-15H,5-7H2,1H3. The number of methoxy groups -OCH3 is 1. The van der Waals surface area contributed by atoms with E-state index in [1.807, 2.05) is 0 Å². The Hall–Kier alpha value is -0.490. The second kappa shape index (κ2) is 6.96. The highest BCUT2D eigenvalue weighted by Gasteiger charge is 2.05. The van der Waals surface area contributed by atoms with Crippen molar-refractivity contribution in [3.05, 3.63) is 34.1 Å². The van der Waals surface area contributed by atoms with E-state index in [1.54, 1.807) is 12.1 Å². The van der Waals surface area contributed by atoms with Crippen LogP contribution in [0.2, 0.25) is 0 Å². The van der Waals surface area contributed by atoms with E-state index in [0.29, 0.717) is 23.1 Å². The van der Waals surface area contributed by atoms with Gasteiger partial charge in [0.15, 0.2) is 0 Å². The van der Waals surface area contributed by atoms with Gasteiger partial charge >= 0.3 is 0 Å². The number of hydrogen-bond donors (Lipinski definition) is 2. The first-order chi connectivity index (χ1) is 7.63. The molecule has 0 radical (unpaired) electrons. The second-order valence-corrected chi connectivity index (χ2v) is 4.39. The molecule has 5 heteroatoms. The summed E-state index contributed by atoms with van der Waals surface area (Å²) in [5.74, 6) is -0.261. The van der Waals surface area contributed by atoms with Crippen molar-refractivity contribution in [1.29, 1.82) is 0 Å². The van der Waals surface area contributed by atoms with Crippen LogP contribution in [-0.4, -0.2) is 31.5 Å². The van der Waals surface area contributed by atoms with Gasteiger partial charge in [-0.25, -0.2) is 4.39 Å². The summed E-state index contributed by atoms with van der Waals surface area (Å²) < 4.78 is 18.9. The van der Waals surface area contributed by atoms with E-state index in [0.717, 1.165) is 0 Å². The molecule has 2 N–H and O–H groups in total. The third-order valence-corrected chi connectivity index (χ3v) is 2.56. The van der Waals surface area contributed by atoms with E-state index >= 15 is 0 Å². The van der Waals surface area contributed by atoms with Crippen LogP contribution in [-0.2, 0) is 11.3 Å². The lowest BCUT2D eigenvalue weighted by atomic mass is 10.2. The van der Waals surface area contributed by atoms with Crippen molar-refractivity contribution in [2.24, 2.45) is 0 Å². The first kappa shape index (κ1) is 13.6. The third kappa shape index (κ3) is 4.57. The van der Waals surface area contributed by atoms with E-state index in [4.69, 9.17) is 4.74 Å². The van der Waals surface area contributed by atoms with Crippen molar-refractivity contribution in [3.8, 4) is 0 Å². The predicted molar refractivity (Wildman–Crippen MR) is 63.7 cm³/mol. The number of ether oxygens (including phenoxy) is 1. The lowest BCUT2D eigenvalue weighted by molar-refractivity contribution is 0.0643. The van der Waals surface area contributed by atoms with Gasteiger partial charge in [0.25, 0.3) is 0 Å². The lowest BCUT2D eigenvalue weighted by Crippen LogP contribution is -2.29. The van der Waals surface area contributed by atoms with Gasteiger partial charge in [-0.2, -0.15) is 0 Å². The molecular weight excluding hydrogens is 277 g/mol. The molecule has 1 rings (SSSR count). The summed E-state index contributed by atoms with van der Waals surface area (Å²) >= 11 is 3.19. The highest BCUT2D eigenvalue weighted by Crippen LogP contribution is 2.14. The van der Waals surface area contributed by atoms with Crippen LogP contribution in [0.25, 0.3) is 0 Å². The molecule has 0 fully saturated rings. The summed E-state index contributed by atoms with van der Waals surface area (Å²) in [5.41, 5.74) is 0.577. The zero-order valence-corrected chi connectivity index (χ0v) is 10.6. The Labute approximate surface area is 103 Å². The maximum absolute atomic E-state index is 13.4. The largest absolute Gasteiger partial charge is 0.389 e. The summed E-state index contributed by atoms with van der Waals surface area (Å²) in [6.45, 7) is 1.04. The van der Waals surface area contributed by atoms with Crippen molar-refractivity contribution in [3.63, 3.8) is 0 Å². The Kier molecular flexibility index (Phi) is 5.90. The first-order valence-electron chi connectivity index (χ1n) is 4.95. The minimum Gasteiger partial charge on any atom is -0.389 e. The fourth-order valence-corrected chi connectivity index (χ4v) is 1.62. The molecular formula is C11H15BrFNO2.